The average molecular weight is 399 g/mol. The number of carbonyl (C=O) groups is 3. The van der Waals surface area contributed by atoms with Crippen LogP contribution in [0, 0.1) is 0 Å². The number of rotatable bonds is 6. The zero-order valence-electron chi connectivity index (χ0n) is 17.2. The predicted molar refractivity (Wildman–Crippen MR) is 107 cm³/mol. The van der Waals surface area contributed by atoms with Crippen molar-refractivity contribution in [3.63, 3.8) is 0 Å². The Morgan fingerprint density at radius 1 is 0.931 bits per heavy atom. The fourth-order valence-corrected chi connectivity index (χ4v) is 2.61. The van der Waals surface area contributed by atoms with Crippen molar-refractivity contribution in [2.75, 3.05) is 20.8 Å². The van der Waals surface area contributed by atoms with Gasteiger partial charge in [0.2, 0.25) is 0 Å². The molecule has 0 bridgehead atoms. The number of para-hydroxylation sites is 1. The summed E-state index contributed by atoms with van der Waals surface area (Å²) in [4.78, 5) is 36.5. The lowest BCUT2D eigenvalue weighted by Gasteiger charge is -2.19. The molecule has 0 aliphatic heterocycles. The Bertz CT molecular complexity index is 897. The molecule has 154 valence electrons. The quantitative estimate of drug-likeness (QED) is 0.751. The molecule has 0 aliphatic rings. The van der Waals surface area contributed by atoms with Crippen molar-refractivity contribution in [2.45, 2.75) is 26.2 Å². The highest BCUT2D eigenvalue weighted by atomic mass is 16.5. The molecule has 0 saturated carbocycles. The minimum atomic E-state index is -0.766. The van der Waals surface area contributed by atoms with Crippen LogP contribution in [0.1, 0.15) is 47.1 Å². The number of esters is 1. The Morgan fingerprint density at radius 3 is 2.14 bits per heavy atom. The minimum Gasteiger partial charge on any atom is -0.493 e. The van der Waals surface area contributed by atoms with E-state index in [1.807, 2.05) is 12.1 Å². The molecule has 0 unspecified atom stereocenters. The van der Waals surface area contributed by atoms with Crippen molar-refractivity contribution in [3.05, 3.63) is 59.2 Å². The van der Waals surface area contributed by atoms with Crippen molar-refractivity contribution in [1.82, 2.24) is 5.32 Å². The van der Waals surface area contributed by atoms with Gasteiger partial charge in [-0.1, -0.05) is 39.0 Å². The summed E-state index contributed by atoms with van der Waals surface area (Å²) in [5.41, 5.74) is 1.48. The van der Waals surface area contributed by atoms with Gasteiger partial charge in [-0.15, -0.1) is 0 Å². The molecular weight excluding hydrogens is 374 g/mol. The molecule has 29 heavy (non-hydrogen) atoms. The van der Waals surface area contributed by atoms with Crippen LogP contribution < -0.4 is 14.8 Å². The Morgan fingerprint density at radius 2 is 1.59 bits per heavy atom. The molecule has 0 aliphatic carbocycles. The van der Waals surface area contributed by atoms with Crippen LogP contribution in [0.4, 0.5) is 0 Å². The number of imide groups is 1. The van der Waals surface area contributed by atoms with Crippen LogP contribution in [0.15, 0.2) is 42.5 Å². The summed E-state index contributed by atoms with van der Waals surface area (Å²) in [6, 6.07) is 11.7. The average Bonchev–Trinajstić information content (AvgIpc) is 2.70. The van der Waals surface area contributed by atoms with E-state index in [2.05, 4.69) is 26.1 Å². The number of benzene rings is 2. The summed E-state index contributed by atoms with van der Waals surface area (Å²) in [5.74, 6) is -1.50. The van der Waals surface area contributed by atoms with Gasteiger partial charge in [-0.3, -0.25) is 14.9 Å². The Kier molecular flexibility index (Phi) is 6.98. The molecule has 2 amide bonds. The van der Waals surface area contributed by atoms with Gasteiger partial charge >= 0.3 is 5.97 Å². The van der Waals surface area contributed by atoms with Gasteiger partial charge in [0.25, 0.3) is 11.8 Å². The number of methoxy groups -OCH3 is 2. The maximum absolute atomic E-state index is 12.3. The van der Waals surface area contributed by atoms with Crippen LogP contribution in [-0.4, -0.2) is 38.6 Å². The maximum Gasteiger partial charge on any atom is 0.342 e. The highest BCUT2D eigenvalue weighted by Crippen LogP contribution is 2.31. The highest BCUT2D eigenvalue weighted by Gasteiger charge is 2.20. The van der Waals surface area contributed by atoms with Crippen LogP contribution >= 0.6 is 0 Å². The van der Waals surface area contributed by atoms with E-state index in [1.165, 1.54) is 20.3 Å². The van der Waals surface area contributed by atoms with Gasteiger partial charge < -0.3 is 14.2 Å². The van der Waals surface area contributed by atoms with E-state index in [-0.39, 0.29) is 16.7 Å². The second-order valence-corrected chi connectivity index (χ2v) is 7.32. The molecule has 0 saturated heterocycles. The minimum absolute atomic E-state index is 0.0415. The molecule has 0 aromatic heterocycles. The number of ether oxygens (including phenoxy) is 3. The van der Waals surface area contributed by atoms with Gasteiger partial charge in [0.15, 0.2) is 18.1 Å². The first-order chi connectivity index (χ1) is 13.7. The number of hydrogen-bond acceptors (Lipinski definition) is 6. The molecule has 2 aromatic rings. The van der Waals surface area contributed by atoms with Crippen molar-refractivity contribution < 1.29 is 28.6 Å². The van der Waals surface area contributed by atoms with Gasteiger partial charge in [0, 0.05) is 5.56 Å². The molecule has 0 atom stereocenters. The van der Waals surface area contributed by atoms with Gasteiger partial charge in [0.1, 0.15) is 5.56 Å². The third-order valence-electron chi connectivity index (χ3n) is 4.22. The van der Waals surface area contributed by atoms with E-state index in [9.17, 15) is 14.4 Å². The second kappa shape index (κ2) is 9.23. The fourth-order valence-electron chi connectivity index (χ4n) is 2.61. The summed E-state index contributed by atoms with van der Waals surface area (Å²) in [6.45, 7) is 5.59. The van der Waals surface area contributed by atoms with Crippen LogP contribution in [0.2, 0.25) is 0 Å². The van der Waals surface area contributed by atoms with Gasteiger partial charge in [-0.05, 0) is 35.2 Å². The van der Waals surface area contributed by atoms with E-state index in [0.717, 1.165) is 5.56 Å². The fraction of sp³-hybridized carbons (Fsp3) is 0.318. The van der Waals surface area contributed by atoms with E-state index in [1.54, 1.807) is 24.3 Å². The molecule has 0 spiro atoms. The molecule has 1 N–H and O–H groups in total. The van der Waals surface area contributed by atoms with E-state index < -0.39 is 24.4 Å². The number of amides is 2. The second-order valence-electron chi connectivity index (χ2n) is 7.32. The zero-order chi connectivity index (χ0) is 21.6. The molecule has 0 radical (unpaired) electrons. The largest absolute Gasteiger partial charge is 0.493 e. The molecule has 7 nitrogen and oxygen atoms in total. The van der Waals surface area contributed by atoms with Crippen LogP contribution in [0.25, 0.3) is 0 Å². The monoisotopic (exact) mass is 399 g/mol. The summed E-state index contributed by atoms with van der Waals surface area (Å²) < 4.78 is 15.3. The van der Waals surface area contributed by atoms with Gasteiger partial charge in [-0.25, -0.2) is 4.79 Å². The smallest absolute Gasteiger partial charge is 0.342 e. The van der Waals surface area contributed by atoms with E-state index in [4.69, 9.17) is 14.2 Å². The summed E-state index contributed by atoms with van der Waals surface area (Å²) in [5, 5.41) is 2.20. The SMILES string of the molecule is COc1cccc(C(=O)OCC(=O)NC(=O)c2ccc(C(C)(C)C)cc2)c1OC. The summed E-state index contributed by atoms with van der Waals surface area (Å²) >= 11 is 0. The number of nitrogens with one attached hydrogen (secondary N) is 1. The number of hydrogen-bond donors (Lipinski definition) is 1. The van der Waals surface area contributed by atoms with Crippen molar-refractivity contribution in [3.8, 4) is 11.5 Å². The standard InChI is InChI=1S/C22H25NO6/c1-22(2,3)15-11-9-14(10-12-15)20(25)23-18(24)13-29-21(26)16-7-6-8-17(27-4)19(16)28-5/h6-12H,13H2,1-5H3,(H,23,24,25). The van der Waals surface area contributed by atoms with Crippen molar-refractivity contribution in [2.24, 2.45) is 0 Å². The van der Waals surface area contributed by atoms with Crippen LogP contribution in [0.5, 0.6) is 11.5 Å². The normalized spacial score (nSPS) is 10.8. The molecule has 0 heterocycles. The first kappa shape index (κ1) is 21.9. The topological polar surface area (TPSA) is 90.9 Å². The Hall–Kier alpha value is -3.35. The zero-order valence-corrected chi connectivity index (χ0v) is 17.2. The lowest BCUT2D eigenvalue weighted by Crippen LogP contribution is -2.34. The molecule has 2 rings (SSSR count). The maximum atomic E-state index is 12.3. The molecule has 0 fully saturated rings. The first-order valence-corrected chi connectivity index (χ1v) is 9.00. The van der Waals surface area contributed by atoms with Crippen LogP contribution in [0.3, 0.4) is 0 Å². The van der Waals surface area contributed by atoms with Crippen molar-refractivity contribution >= 4 is 17.8 Å². The summed E-state index contributed by atoms with van der Waals surface area (Å²) in [7, 11) is 2.84. The summed E-state index contributed by atoms with van der Waals surface area (Å²) in [6.07, 6.45) is 0. The van der Waals surface area contributed by atoms with Gasteiger partial charge in [-0.2, -0.15) is 0 Å². The third-order valence-corrected chi connectivity index (χ3v) is 4.22. The third kappa shape index (κ3) is 5.57. The Balaban J connectivity index is 1.96. The lowest BCUT2D eigenvalue weighted by molar-refractivity contribution is -0.123. The number of carbonyl (C=O) groups excluding carboxylic acids is 3. The first-order valence-electron chi connectivity index (χ1n) is 9.00. The van der Waals surface area contributed by atoms with E-state index >= 15 is 0 Å². The molecule has 2 aromatic carbocycles. The Labute approximate surface area is 170 Å². The lowest BCUT2D eigenvalue weighted by atomic mass is 9.87. The van der Waals surface area contributed by atoms with E-state index in [0.29, 0.717) is 11.3 Å². The highest BCUT2D eigenvalue weighted by molar-refractivity contribution is 6.05. The molecular formula is C22H25NO6. The van der Waals surface area contributed by atoms with Gasteiger partial charge in [0.05, 0.1) is 14.2 Å². The predicted octanol–water partition coefficient (Wildman–Crippen LogP) is 3.11. The van der Waals surface area contributed by atoms with Crippen molar-refractivity contribution in [1.29, 1.82) is 0 Å². The van der Waals surface area contributed by atoms with Crippen LogP contribution in [-0.2, 0) is 14.9 Å². The molecule has 7 heteroatoms.